The summed E-state index contributed by atoms with van der Waals surface area (Å²) in [7, 11) is 0. The lowest BCUT2D eigenvalue weighted by Crippen LogP contribution is -2.35. The van der Waals surface area contributed by atoms with Crippen molar-refractivity contribution in [2.24, 2.45) is 0 Å². The fourth-order valence-electron chi connectivity index (χ4n) is 1.46. The second-order valence-electron chi connectivity index (χ2n) is 5.18. The van der Waals surface area contributed by atoms with Gasteiger partial charge in [0.25, 0.3) is 0 Å². The Morgan fingerprint density at radius 1 is 1.37 bits per heavy atom. The quantitative estimate of drug-likeness (QED) is 0.853. The lowest BCUT2D eigenvalue weighted by atomic mass is 10.0. The molecule has 1 rings (SSSR count). The number of rotatable bonds is 4. The monoisotopic (exact) mass is 267 g/mol. The van der Waals surface area contributed by atoms with E-state index in [1.165, 1.54) is 24.3 Å². The summed E-state index contributed by atoms with van der Waals surface area (Å²) in [6.45, 7) is 5.38. The number of carbonyl (C=O) groups is 2. The van der Waals surface area contributed by atoms with Gasteiger partial charge in [-0.3, -0.25) is 0 Å². The molecule has 5 heteroatoms. The highest BCUT2D eigenvalue weighted by molar-refractivity contribution is 5.69. The van der Waals surface area contributed by atoms with Gasteiger partial charge < -0.3 is 14.8 Å². The Morgan fingerprint density at radius 3 is 2.42 bits per heavy atom. The molecule has 1 atom stereocenters. The van der Waals surface area contributed by atoms with Crippen molar-refractivity contribution < 1.29 is 18.7 Å². The highest BCUT2D eigenvalue weighted by Crippen LogP contribution is 2.14. The zero-order valence-electron chi connectivity index (χ0n) is 11.3. The number of benzene rings is 1. The first-order valence-corrected chi connectivity index (χ1v) is 5.99. The van der Waals surface area contributed by atoms with Crippen LogP contribution in [0.15, 0.2) is 24.3 Å². The van der Waals surface area contributed by atoms with Crippen LogP contribution < -0.4 is 5.32 Å². The number of hydrogen-bond donors (Lipinski definition) is 1. The molecule has 0 radical (unpaired) electrons. The molecule has 0 aliphatic carbocycles. The molecule has 0 heterocycles. The van der Waals surface area contributed by atoms with Crippen LogP contribution >= 0.6 is 0 Å². The van der Waals surface area contributed by atoms with Crippen LogP contribution in [0.25, 0.3) is 0 Å². The Morgan fingerprint density at radius 2 is 1.95 bits per heavy atom. The molecular formula is C14H18FNO3. The van der Waals surface area contributed by atoms with Gasteiger partial charge in [-0.05, 0) is 38.5 Å². The molecule has 19 heavy (non-hydrogen) atoms. The molecule has 1 unspecified atom stereocenters. The van der Waals surface area contributed by atoms with E-state index in [1.807, 2.05) is 0 Å². The van der Waals surface area contributed by atoms with E-state index in [-0.39, 0.29) is 12.4 Å². The number of alkyl carbamates (subject to hydrolysis) is 1. The zero-order chi connectivity index (χ0) is 14.5. The summed E-state index contributed by atoms with van der Waals surface area (Å²) in [6, 6.07) is 5.59. The predicted molar refractivity (Wildman–Crippen MR) is 69.4 cm³/mol. The van der Waals surface area contributed by atoms with Crippen LogP contribution in [0.4, 0.5) is 9.18 Å². The van der Waals surface area contributed by atoms with Crippen LogP contribution in [-0.4, -0.2) is 24.5 Å². The average Bonchev–Trinajstić information content (AvgIpc) is 2.29. The largest absolute Gasteiger partial charge is 0.444 e. The van der Waals surface area contributed by atoms with Crippen molar-refractivity contribution in [1.29, 1.82) is 0 Å². The van der Waals surface area contributed by atoms with E-state index in [2.05, 4.69) is 5.32 Å². The minimum atomic E-state index is -0.587. The molecule has 1 N–H and O–H groups in total. The summed E-state index contributed by atoms with van der Waals surface area (Å²) in [4.78, 5) is 22.5. The van der Waals surface area contributed by atoms with Gasteiger partial charge in [0, 0.05) is 6.54 Å². The molecule has 0 fully saturated rings. The Kier molecular flexibility index (Phi) is 5.03. The van der Waals surface area contributed by atoms with E-state index in [4.69, 9.17) is 4.74 Å². The minimum Gasteiger partial charge on any atom is -0.444 e. The van der Waals surface area contributed by atoms with Crippen LogP contribution in [0, 0.1) is 5.82 Å². The SMILES string of the molecule is CC(C)(C)OC(=O)NCC(C=O)c1ccc(F)cc1. The maximum absolute atomic E-state index is 12.8. The fourth-order valence-corrected chi connectivity index (χ4v) is 1.46. The van der Waals surface area contributed by atoms with E-state index in [1.54, 1.807) is 20.8 Å². The third-order valence-corrected chi connectivity index (χ3v) is 2.33. The van der Waals surface area contributed by atoms with Gasteiger partial charge in [-0.25, -0.2) is 9.18 Å². The Hall–Kier alpha value is -1.91. The van der Waals surface area contributed by atoms with Gasteiger partial charge in [-0.2, -0.15) is 0 Å². The van der Waals surface area contributed by atoms with Gasteiger partial charge in [-0.1, -0.05) is 12.1 Å². The highest BCUT2D eigenvalue weighted by Gasteiger charge is 2.18. The fraction of sp³-hybridized carbons (Fsp3) is 0.429. The molecule has 4 nitrogen and oxygen atoms in total. The molecule has 1 amide bonds. The lowest BCUT2D eigenvalue weighted by molar-refractivity contribution is -0.109. The van der Waals surface area contributed by atoms with Crippen molar-refractivity contribution in [3.05, 3.63) is 35.6 Å². The van der Waals surface area contributed by atoms with Crippen molar-refractivity contribution in [2.45, 2.75) is 32.3 Å². The first kappa shape index (κ1) is 15.1. The number of nitrogens with one attached hydrogen (secondary N) is 1. The van der Waals surface area contributed by atoms with Crippen molar-refractivity contribution in [3.63, 3.8) is 0 Å². The molecular weight excluding hydrogens is 249 g/mol. The van der Waals surface area contributed by atoms with Crippen LogP contribution in [0.2, 0.25) is 0 Å². The maximum Gasteiger partial charge on any atom is 0.407 e. The summed E-state index contributed by atoms with van der Waals surface area (Å²) in [5, 5.41) is 2.52. The van der Waals surface area contributed by atoms with E-state index in [0.29, 0.717) is 11.8 Å². The lowest BCUT2D eigenvalue weighted by Gasteiger charge is -2.20. The number of aldehydes is 1. The average molecular weight is 267 g/mol. The summed E-state index contributed by atoms with van der Waals surface area (Å²) in [5.41, 5.74) is 0.0591. The smallest absolute Gasteiger partial charge is 0.407 e. The summed E-state index contributed by atoms with van der Waals surface area (Å²) in [6.07, 6.45) is 0.131. The summed E-state index contributed by atoms with van der Waals surface area (Å²) in [5.74, 6) is -0.887. The van der Waals surface area contributed by atoms with E-state index in [0.717, 1.165) is 0 Å². The third-order valence-electron chi connectivity index (χ3n) is 2.33. The van der Waals surface area contributed by atoms with Crippen molar-refractivity contribution >= 4 is 12.4 Å². The summed E-state index contributed by atoms with van der Waals surface area (Å²) >= 11 is 0. The molecule has 1 aromatic rings. The standard InChI is InChI=1S/C14H18FNO3/c1-14(2,3)19-13(18)16-8-11(9-17)10-4-6-12(15)7-5-10/h4-7,9,11H,8H2,1-3H3,(H,16,18). The van der Waals surface area contributed by atoms with E-state index >= 15 is 0 Å². The van der Waals surface area contributed by atoms with Gasteiger partial charge in [-0.15, -0.1) is 0 Å². The molecule has 104 valence electrons. The summed E-state index contributed by atoms with van der Waals surface area (Å²) < 4.78 is 17.8. The van der Waals surface area contributed by atoms with Gasteiger partial charge >= 0.3 is 6.09 Å². The Balaban J connectivity index is 2.56. The first-order chi connectivity index (χ1) is 8.81. The van der Waals surface area contributed by atoms with E-state index < -0.39 is 17.6 Å². The van der Waals surface area contributed by atoms with Crippen LogP contribution in [0.5, 0.6) is 0 Å². The van der Waals surface area contributed by atoms with Crippen LogP contribution in [0.3, 0.4) is 0 Å². The number of carbonyl (C=O) groups excluding carboxylic acids is 2. The number of halogens is 1. The first-order valence-electron chi connectivity index (χ1n) is 5.99. The number of amides is 1. The molecule has 0 aliphatic heterocycles. The predicted octanol–water partition coefficient (Wildman–Crippen LogP) is 2.63. The highest BCUT2D eigenvalue weighted by atomic mass is 19.1. The minimum absolute atomic E-state index is 0.115. The second kappa shape index (κ2) is 6.31. The molecule has 0 bridgehead atoms. The number of ether oxygens (including phenoxy) is 1. The van der Waals surface area contributed by atoms with Crippen molar-refractivity contribution in [1.82, 2.24) is 5.32 Å². The van der Waals surface area contributed by atoms with Gasteiger partial charge in [0.15, 0.2) is 0 Å². The van der Waals surface area contributed by atoms with Gasteiger partial charge in [0.2, 0.25) is 0 Å². The van der Waals surface area contributed by atoms with Crippen LogP contribution in [-0.2, 0) is 9.53 Å². The third kappa shape index (κ3) is 5.50. The molecule has 0 saturated carbocycles. The van der Waals surface area contributed by atoms with Crippen molar-refractivity contribution in [2.75, 3.05) is 6.54 Å². The topological polar surface area (TPSA) is 55.4 Å². The van der Waals surface area contributed by atoms with Gasteiger partial charge in [0.05, 0.1) is 5.92 Å². The molecule has 1 aromatic carbocycles. The Labute approximate surface area is 112 Å². The zero-order valence-corrected chi connectivity index (χ0v) is 11.3. The van der Waals surface area contributed by atoms with Crippen molar-refractivity contribution in [3.8, 4) is 0 Å². The maximum atomic E-state index is 12.8. The molecule has 0 aliphatic rings. The van der Waals surface area contributed by atoms with E-state index in [9.17, 15) is 14.0 Å². The van der Waals surface area contributed by atoms with Gasteiger partial charge in [0.1, 0.15) is 17.7 Å². The Bertz CT molecular complexity index is 437. The number of hydrogen-bond acceptors (Lipinski definition) is 3. The molecule has 0 aromatic heterocycles. The van der Waals surface area contributed by atoms with Crippen LogP contribution in [0.1, 0.15) is 32.3 Å². The molecule has 0 saturated heterocycles. The normalized spacial score (nSPS) is 12.6. The second-order valence-corrected chi connectivity index (χ2v) is 5.18. The molecule has 0 spiro atoms.